The number of anilines is 1. The van der Waals surface area contributed by atoms with Crippen molar-refractivity contribution in [3.05, 3.63) is 41.2 Å². The van der Waals surface area contributed by atoms with Crippen LogP contribution in [0.15, 0.2) is 24.4 Å². The molecular formula is C21H27N5OS. The number of imidazole rings is 1. The van der Waals surface area contributed by atoms with Gasteiger partial charge in [-0.2, -0.15) is 0 Å². The molecule has 2 aromatic heterocycles. The van der Waals surface area contributed by atoms with Crippen molar-refractivity contribution >= 4 is 21.4 Å². The molecule has 7 heteroatoms. The summed E-state index contributed by atoms with van der Waals surface area (Å²) in [4.78, 5) is 10.7. The average Bonchev–Trinajstić information content (AvgIpc) is 3.35. The summed E-state index contributed by atoms with van der Waals surface area (Å²) in [5.74, 6) is 1.07. The van der Waals surface area contributed by atoms with E-state index < -0.39 is 0 Å². The Balaban J connectivity index is 1.22. The molecule has 5 rings (SSSR count). The van der Waals surface area contributed by atoms with Crippen molar-refractivity contribution in [2.45, 2.75) is 39.2 Å². The van der Waals surface area contributed by atoms with Crippen molar-refractivity contribution in [2.24, 2.45) is 0 Å². The number of nitrogens with zero attached hydrogens (tertiary/aromatic N) is 5. The van der Waals surface area contributed by atoms with Crippen LogP contribution in [0.4, 0.5) is 5.13 Å². The number of hydrogen-bond donors (Lipinski definition) is 0. The summed E-state index contributed by atoms with van der Waals surface area (Å²) in [6.07, 6.45) is 3.11. The predicted octanol–water partition coefficient (Wildman–Crippen LogP) is 3.35. The highest BCUT2D eigenvalue weighted by atomic mass is 32.1. The van der Waals surface area contributed by atoms with Crippen molar-refractivity contribution in [1.29, 1.82) is 0 Å². The van der Waals surface area contributed by atoms with Gasteiger partial charge in [0.1, 0.15) is 5.75 Å². The van der Waals surface area contributed by atoms with Gasteiger partial charge in [-0.1, -0.05) is 44.2 Å². The van der Waals surface area contributed by atoms with E-state index >= 15 is 0 Å². The molecule has 0 radical (unpaired) electrons. The van der Waals surface area contributed by atoms with Gasteiger partial charge in [-0.3, -0.25) is 4.90 Å². The van der Waals surface area contributed by atoms with Gasteiger partial charge in [0.25, 0.3) is 0 Å². The Morgan fingerprint density at radius 3 is 2.71 bits per heavy atom. The van der Waals surface area contributed by atoms with E-state index in [4.69, 9.17) is 14.8 Å². The van der Waals surface area contributed by atoms with Crippen LogP contribution in [-0.2, 0) is 18.4 Å². The Hall–Kier alpha value is -2.12. The quantitative estimate of drug-likeness (QED) is 0.678. The second-order valence-electron chi connectivity index (χ2n) is 8.79. The first-order valence-corrected chi connectivity index (χ1v) is 10.9. The van der Waals surface area contributed by atoms with Crippen LogP contribution in [-0.4, -0.2) is 52.3 Å². The van der Waals surface area contributed by atoms with Crippen molar-refractivity contribution in [1.82, 2.24) is 19.5 Å². The van der Waals surface area contributed by atoms with Gasteiger partial charge >= 0.3 is 0 Å². The monoisotopic (exact) mass is 397 g/mol. The van der Waals surface area contributed by atoms with Crippen molar-refractivity contribution in [3.8, 4) is 5.75 Å². The lowest BCUT2D eigenvalue weighted by molar-refractivity contribution is 0.249. The maximum atomic E-state index is 5.62. The van der Waals surface area contributed by atoms with E-state index in [-0.39, 0.29) is 5.41 Å². The summed E-state index contributed by atoms with van der Waals surface area (Å²) in [6, 6.07) is 6.65. The third-order valence-corrected chi connectivity index (χ3v) is 6.59. The zero-order chi connectivity index (χ0) is 19.3. The Bertz CT molecular complexity index is 963. The maximum absolute atomic E-state index is 5.62. The molecule has 0 N–H and O–H groups in total. The number of hydrogen-bond acceptors (Lipinski definition) is 6. The Morgan fingerprint density at radius 2 is 1.96 bits per heavy atom. The van der Waals surface area contributed by atoms with Crippen molar-refractivity contribution < 1.29 is 4.74 Å². The van der Waals surface area contributed by atoms with E-state index in [1.807, 2.05) is 4.52 Å². The fourth-order valence-corrected chi connectivity index (χ4v) is 4.81. The highest BCUT2D eigenvalue weighted by molar-refractivity contribution is 7.20. The van der Waals surface area contributed by atoms with Crippen LogP contribution in [0.25, 0.3) is 4.96 Å². The molecule has 2 aliphatic rings. The molecule has 3 aromatic rings. The molecule has 0 spiro atoms. The van der Waals surface area contributed by atoms with Crippen LogP contribution in [0.3, 0.4) is 0 Å². The molecule has 0 saturated carbocycles. The van der Waals surface area contributed by atoms with Gasteiger partial charge in [0.15, 0.2) is 0 Å². The molecule has 2 aliphatic heterocycles. The van der Waals surface area contributed by atoms with Crippen LogP contribution < -0.4 is 9.64 Å². The fraction of sp³-hybridized carbons (Fsp3) is 0.524. The van der Waals surface area contributed by atoms with E-state index in [1.54, 1.807) is 11.3 Å². The molecule has 1 saturated heterocycles. The number of aromatic nitrogens is 3. The van der Waals surface area contributed by atoms with E-state index in [2.05, 4.69) is 55.0 Å². The largest absolute Gasteiger partial charge is 0.493 e. The van der Waals surface area contributed by atoms with E-state index in [9.17, 15) is 0 Å². The van der Waals surface area contributed by atoms with Gasteiger partial charge in [0, 0.05) is 44.6 Å². The zero-order valence-electron chi connectivity index (χ0n) is 16.8. The second-order valence-corrected chi connectivity index (χ2v) is 9.73. The summed E-state index contributed by atoms with van der Waals surface area (Å²) < 4.78 is 7.56. The molecule has 0 amide bonds. The average molecular weight is 398 g/mol. The van der Waals surface area contributed by atoms with Gasteiger partial charge in [-0.15, -0.1) is 5.10 Å². The summed E-state index contributed by atoms with van der Waals surface area (Å²) in [7, 11) is 0. The molecule has 28 heavy (non-hydrogen) atoms. The van der Waals surface area contributed by atoms with Gasteiger partial charge < -0.3 is 9.64 Å². The number of ether oxygens (including phenoxy) is 1. The minimum absolute atomic E-state index is 0.0584. The highest BCUT2D eigenvalue weighted by Gasteiger charge is 2.23. The molecular weight excluding hydrogens is 370 g/mol. The standard InChI is InChI=1S/C21H27N5OS/c1-21(2,3)18-14-26-19(22-18)28-20(23-26)25-9-7-24(8-10-25)13-15-4-5-17-16(12-15)6-11-27-17/h4-5,12,14H,6-11,13H2,1-3H3. The number of rotatable bonds is 3. The molecule has 0 aliphatic carbocycles. The lowest BCUT2D eigenvalue weighted by Gasteiger charge is -2.34. The molecule has 0 unspecified atom stereocenters. The van der Waals surface area contributed by atoms with E-state index in [0.717, 1.165) is 67.3 Å². The zero-order valence-corrected chi connectivity index (χ0v) is 17.6. The lowest BCUT2D eigenvalue weighted by atomic mass is 9.93. The first-order valence-electron chi connectivity index (χ1n) is 10.0. The Morgan fingerprint density at radius 1 is 1.14 bits per heavy atom. The van der Waals surface area contributed by atoms with Crippen LogP contribution in [0.1, 0.15) is 37.6 Å². The highest BCUT2D eigenvalue weighted by Crippen LogP contribution is 2.29. The molecule has 1 fully saturated rings. The summed E-state index contributed by atoms with van der Waals surface area (Å²) in [5, 5.41) is 5.87. The summed E-state index contributed by atoms with van der Waals surface area (Å²) in [5.41, 5.74) is 3.91. The van der Waals surface area contributed by atoms with Crippen LogP contribution in [0.5, 0.6) is 5.75 Å². The molecule has 1 aromatic carbocycles. The maximum Gasteiger partial charge on any atom is 0.214 e. The molecule has 0 atom stereocenters. The van der Waals surface area contributed by atoms with Crippen LogP contribution in [0.2, 0.25) is 0 Å². The third-order valence-electron chi connectivity index (χ3n) is 5.60. The molecule has 6 nitrogen and oxygen atoms in total. The minimum Gasteiger partial charge on any atom is -0.493 e. The van der Waals surface area contributed by atoms with Gasteiger partial charge in [0.05, 0.1) is 18.5 Å². The van der Waals surface area contributed by atoms with Crippen LogP contribution >= 0.6 is 11.3 Å². The van der Waals surface area contributed by atoms with Crippen LogP contribution in [0, 0.1) is 0 Å². The molecule has 4 heterocycles. The third kappa shape index (κ3) is 3.37. The SMILES string of the molecule is CC(C)(C)c1cn2nc(N3CCN(Cc4ccc5c(c4)CCO5)CC3)sc2n1. The van der Waals surface area contributed by atoms with Gasteiger partial charge in [-0.05, 0) is 17.2 Å². The molecule has 148 valence electrons. The Kier molecular flexibility index (Phi) is 4.32. The summed E-state index contributed by atoms with van der Waals surface area (Å²) in [6.45, 7) is 12.5. The number of fused-ring (bicyclic) bond motifs is 2. The summed E-state index contributed by atoms with van der Waals surface area (Å²) >= 11 is 1.69. The number of piperazine rings is 1. The van der Waals surface area contributed by atoms with Crippen molar-refractivity contribution in [3.63, 3.8) is 0 Å². The first kappa shape index (κ1) is 17.9. The van der Waals surface area contributed by atoms with E-state index in [1.165, 1.54) is 11.1 Å². The van der Waals surface area contributed by atoms with E-state index in [0.29, 0.717) is 0 Å². The van der Waals surface area contributed by atoms with Crippen molar-refractivity contribution in [2.75, 3.05) is 37.7 Å². The van der Waals surface area contributed by atoms with Gasteiger partial charge in [0.2, 0.25) is 10.1 Å². The normalized spacial score (nSPS) is 17.9. The second kappa shape index (κ2) is 6.74. The minimum atomic E-state index is 0.0584. The topological polar surface area (TPSA) is 45.9 Å². The molecule has 0 bridgehead atoms. The number of benzene rings is 1. The van der Waals surface area contributed by atoms with Gasteiger partial charge in [-0.25, -0.2) is 9.50 Å². The smallest absolute Gasteiger partial charge is 0.214 e. The Labute approximate surface area is 169 Å². The predicted molar refractivity (Wildman–Crippen MR) is 113 cm³/mol. The fourth-order valence-electron chi connectivity index (χ4n) is 3.87. The first-order chi connectivity index (χ1) is 13.5. The lowest BCUT2D eigenvalue weighted by Crippen LogP contribution is -2.46.